The van der Waals surface area contributed by atoms with Crippen LogP contribution in [0.1, 0.15) is 49.2 Å². The Morgan fingerprint density at radius 2 is 1.11 bits per heavy atom. The molecular weight excluding hydrogens is 488 g/mol. The first-order valence-corrected chi connectivity index (χ1v) is 13.7. The van der Waals surface area contributed by atoms with Crippen LogP contribution in [-0.4, -0.2) is 118 Å². The lowest BCUT2D eigenvalue weighted by Gasteiger charge is -2.28. The molecule has 1 aliphatic carbocycles. The van der Waals surface area contributed by atoms with Gasteiger partial charge in [-0.05, 0) is 19.3 Å². The Morgan fingerprint density at radius 1 is 0.658 bits per heavy atom. The molecule has 0 radical (unpaired) electrons. The highest BCUT2D eigenvalue weighted by molar-refractivity contribution is 5.33. The van der Waals surface area contributed by atoms with Gasteiger partial charge in [0.15, 0.2) is 0 Å². The van der Waals surface area contributed by atoms with Crippen molar-refractivity contribution in [3.05, 3.63) is 11.6 Å². The molecule has 38 heavy (non-hydrogen) atoms. The van der Waals surface area contributed by atoms with Crippen molar-refractivity contribution < 1.29 is 9.47 Å². The summed E-state index contributed by atoms with van der Waals surface area (Å²) in [5.74, 6) is 3.27. The van der Waals surface area contributed by atoms with Gasteiger partial charge in [-0.2, -0.15) is 29.9 Å². The number of nitrogens with two attached hydrogens (primary N) is 2. The molecule has 2 aromatic heterocycles. The summed E-state index contributed by atoms with van der Waals surface area (Å²) in [5, 5.41) is 6.64. The number of aromatic nitrogens is 6. The van der Waals surface area contributed by atoms with E-state index in [9.17, 15) is 0 Å². The van der Waals surface area contributed by atoms with Crippen LogP contribution in [0.2, 0.25) is 0 Å². The lowest BCUT2D eigenvalue weighted by Crippen LogP contribution is -2.39. The first-order valence-electron chi connectivity index (χ1n) is 13.7. The van der Waals surface area contributed by atoms with Gasteiger partial charge in [-0.25, -0.2) is 0 Å². The van der Waals surface area contributed by atoms with Gasteiger partial charge in [-0.15, -0.1) is 0 Å². The summed E-state index contributed by atoms with van der Waals surface area (Å²) in [5.41, 5.74) is 12.1. The minimum Gasteiger partial charge on any atom is -0.379 e. The van der Waals surface area contributed by atoms with Gasteiger partial charge in [0.1, 0.15) is 11.6 Å². The monoisotopic (exact) mass is 528 g/mol. The predicted molar refractivity (Wildman–Crippen MR) is 144 cm³/mol. The number of rotatable bonds is 10. The number of nitrogens with one attached hydrogen (secondary N) is 2. The van der Waals surface area contributed by atoms with E-state index in [0.717, 1.165) is 116 Å². The minimum absolute atomic E-state index is 0.148. The normalized spacial score (nSPS) is 23.3. The number of ether oxygens (including phenoxy) is 2. The lowest BCUT2D eigenvalue weighted by molar-refractivity contribution is 0.0398. The molecule has 1 saturated carbocycles. The second kappa shape index (κ2) is 13.2. The summed E-state index contributed by atoms with van der Waals surface area (Å²) in [6, 6.07) is 0. The average Bonchev–Trinajstić information content (AvgIpc) is 2.94. The molecule has 0 spiro atoms. The first-order chi connectivity index (χ1) is 18.6. The van der Waals surface area contributed by atoms with Gasteiger partial charge in [0.05, 0.1) is 26.4 Å². The topological polar surface area (TPSA) is 178 Å². The molecule has 6 N–H and O–H groups in total. The molecule has 2 unspecified atom stereocenters. The molecule has 3 aliphatic rings. The summed E-state index contributed by atoms with van der Waals surface area (Å²) in [4.78, 5) is 31.8. The summed E-state index contributed by atoms with van der Waals surface area (Å²) in [6.07, 6.45) is 3.82. The quantitative estimate of drug-likeness (QED) is 0.327. The standard InChI is InChI=1S/C24H40N12O2/c25-21-29-19(31-23(33-21)27-4-6-35-8-12-37-13-9-35)17-2-1-3-18(16-17)20-30-22(26)34-24(32-20)28-5-7-36-10-14-38-15-11-36/h17-18H,1-16H2,(H3,25,27,29,31,33)(H3,26,28,30,32,34). The molecule has 14 nitrogen and oxygen atoms in total. The number of morpholine rings is 2. The first kappa shape index (κ1) is 26.7. The average molecular weight is 529 g/mol. The molecule has 2 aromatic rings. The summed E-state index contributed by atoms with van der Waals surface area (Å²) >= 11 is 0. The van der Waals surface area contributed by atoms with Crippen molar-refractivity contribution in [2.45, 2.75) is 37.5 Å². The van der Waals surface area contributed by atoms with Crippen LogP contribution in [0.4, 0.5) is 23.8 Å². The van der Waals surface area contributed by atoms with Crippen LogP contribution < -0.4 is 22.1 Å². The number of nitrogen functional groups attached to an aromatic ring is 2. The minimum atomic E-state index is 0.148. The Bertz CT molecular complexity index is 952. The van der Waals surface area contributed by atoms with Gasteiger partial charge < -0.3 is 31.6 Å². The molecule has 2 aliphatic heterocycles. The van der Waals surface area contributed by atoms with Crippen molar-refractivity contribution in [2.24, 2.45) is 0 Å². The van der Waals surface area contributed by atoms with E-state index < -0.39 is 0 Å². The van der Waals surface area contributed by atoms with Gasteiger partial charge in [0.25, 0.3) is 0 Å². The molecule has 0 bridgehead atoms. The fraction of sp³-hybridized carbons (Fsp3) is 0.750. The second-order valence-electron chi connectivity index (χ2n) is 10.1. The zero-order valence-corrected chi connectivity index (χ0v) is 22.0. The number of anilines is 4. The largest absolute Gasteiger partial charge is 0.379 e. The van der Waals surface area contributed by atoms with E-state index in [1.807, 2.05) is 0 Å². The Hall–Kier alpha value is -2.94. The fourth-order valence-corrected chi connectivity index (χ4v) is 5.30. The Labute approximate surface area is 223 Å². The molecule has 2 atom stereocenters. The predicted octanol–water partition coefficient (Wildman–Crippen LogP) is 0.151. The number of hydrogen-bond acceptors (Lipinski definition) is 14. The van der Waals surface area contributed by atoms with E-state index in [2.05, 4.69) is 40.4 Å². The Balaban J connectivity index is 1.18. The lowest BCUT2D eigenvalue weighted by atomic mass is 9.80. The second-order valence-corrected chi connectivity index (χ2v) is 10.1. The molecule has 14 heteroatoms. The molecular formula is C24H40N12O2. The van der Waals surface area contributed by atoms with Gasteiger partial charge in [0.2, 0.25) is 23.8 Å². The van der Waals surface area contributed by atoms with E-state index >= 15 is 0 Å². The smallest absolute Gasteiger partial charge is 0.227 e. The molecule has 2 saturated heterocycles. The third-order valence-corrected chi connectivity index (χ3v) is 7.37. The zero-order chi connectivity index (χ0) is 26.2. The summed E-state index contributed by atoms with van der Waals surface area (Å²) < 4.78 is 10.8. The van der Waals surface area contributed by atoms with Crippen LogP contribution in [0.3, 0.4) is 0 Å². The number of nitrogens with zero attached hydrogens (tertiary/aromatic N) is 8. The maximum absolute atomic E-state index is 6.07. The maximum Gasteiger partial charge on any atom is 0.227 e. The summed E-state index contributed by atoms with van der Waals surface area (Å²) in [6.45, 7) is 10.2. The van der Waals surface area contributed by atoms with Crippen molar-refractivity contribution in [1.82, 2.24) is 39.7 Å². The van der Waals surface area contributed by atoms with E-state index in [1.165, 1.54) is 0 Å². The Morgan fingerprint density at radius 3 is 1.55 bits per heavy atom. The van der Waals surface area contributed by atoms with Crippen molar-refractivity contribution in [1.29, 1.82) is 0 Å². The molecule has 3 fully saturated rings. The molecule has 0 amide bonds. The SMILES string of the molecule is Nc1nc(NCCN2CCOCC2)nc(C2CCCC(c3nc(N)nc(NCCN4CCOCC4)n3)C2)n1. The van der Waals surface area contributed by atoms with Gasteiger partial charge in [0, 0.05) is 64.2 Å². The van der Waals surface area contributed by atoms with Crippen molar-refractivity contribution in [3.8, 4) is 0 Å². The fourth-order valence-electron chi connectivity index (χ4n) is 5.30. The van der Waals surface area contributed by atoms with Crippen molar-refractivity contribution in [3.63, 3.8) is 0 Å². The molecule has 5 rings (SSSR count). The van der Waals surface area contributed by atoms with Gasteiger partial charge >= 0.3 is 0 Å². The van der Waals surface area contributed by atoms with E-state index in [4.69, 9.17) is 30.9 Å². The molecule has 4 heterocycles. The summed E-state index contributed by atoms with van der Waals surface area (Å²) in [7, 11) is 0. The highest BCUT2D eigenvalue weighted by Crippen LogP contribution is 2.39. The Kier molecular flexibility index (Phi) is 9.28. The van der Waals surface area contributed by atoms with Crippen LogP contribution in [-0.2, 0) is 9.47 Å². The van der Waals surface area contributed by atoms with Crippen molar-refractivity contribution in [2.75, 3.05) is 101 Å². The van der Waals surface area contributed by atoms with Crippen LogP contribution in [0.25, 0.3) is 0 Å². The highest BCUT2D eigenvalue weighted by Gasteiger charge is 2.29. The maximum atomic E-state index is 6.07. The van der Waals surface area contributed by atoms with E-state index in [1.54, 1.807) is 0 Å². The van der Waals surface area contributed by atoms with E-state index in [0.29, 0.717) is 11.9 Å². The van der Waals surface area contributed by atoms with Gasteiger partial charge in [-0.1, -0.05) is 6.42 Å². The van der Waals surface area contributed by atoms with Crippen LogP contribution in [0.5, 0.6) is 0 Å². The van der Waals surface area contributed by atoms with Crippen LogP contribution in [0, 0.1) is 0 Å². The van der Waals surface area contributed by atoms with Gasteiger partial charge in [-0.3, -0.25) is 9.80 Å². The van der Waals surface area contributed by atoms with Crippen LogP contribution in [0.15, 0.2) is 0 Å². The highest BCUT2D eigenvalue weighted by atomic mass is 16.5. The van der Waals surface area contributed by atoms with E-state index in [-0.39, 0.29) is 23.7 Å². The van der Waals surface area contributed by atoms with Crippen molar-refractivity contribution >= 4 is 23.8 Å². The zero-order valence-electron chi connectivity index (χ0n) is 22.0. The number of hydrogen-bond donors (Lipinski definition) is 4. The third-order valence-electron chi connectivity index (χ3n) is 7.37. The van der Waals surface area contributed by atoms with Crippen LogP contribution >= 0.6 is 0 Å². The third kappa shape index (κ3) is 7.56. The molecule has 208 valence electrons. The molecule has 0 aromatic carbocycles.